The van der Waals surface area contributed by atoms with Gasteiger partial charge < -0.3 is 9.64 Å². The molecule has 0 unspecified atom stereocenters. The summed E-state index contributed by atoms with van der Waals surface area (Å²) in [5.41, 5.74) is -0.845. The molecule has 90 valence electrons. The van der Waals surface area contributed by atoms with Crippen LogP contribution < -0.4 is 0 Å². The molecule has 16 heavy (non-hydrogen) atoms. The van der Waals surface area contributed by atoms with Crippen molar-refractivity contribution in [2.45, 2.75) is 26.7 Å². The van der Waals surface area contributed by atoms with Crippen LogP contribution in [0.1, 0.15) is 26.7 Å². The summed E-state index contributed by atoms with van der Waals surface area (Å²) in [6.45, 7) is 5.84. The summed E-state index contributed by atoms with van der Waals surface area (Å²) in [5, 5.41) is 9.24. The van der Waals surface area contributed by atoms with Crippen LogP contribution in [0, 0.1) is 22.7 Å². The van der Waals surface area contributed by atoms with Gasteiger partial charge in [-0.25, -0.2) is 0 Å². The molecule has 0 aromatic rings. The summed E-state index contributed by atoms with van der Waals surface area (Å²) in [4.78, 5) is 13.9. The topological polar surface area (TPSA) is 53.3 Å². The molecule has 4 heteroatoms. The molecule has 0 aromatic heterocycles. The molecule has 1 heterocycles. The summed E-state index contributed by atoms with van der Waals surface area (Å²) in [6, 6.07) is 2.20. The largest absolute Gasteiger partial charge is 0.381 e. The van der Waals surface area contributed by atoms with Crippen molar-refractivity contribution in [2.75, 3.05) is 26.8 Å². The maximum atomic E-state index is 12.2. The Kier molecular flexibility index (Phi) is 4.31. The first kappa shape index (κ1) is 13.0. The van der Waals surface area contributed by atoms with E-state index in [4.69, 9.17) is 4.74 Å². The number of hydrogen-bond donors (Lipinski definition) is 0. The fourth-order valence-electron chi connectivity index (χ4n) is 2.09. The van der Waals surface area contributed by atoms with Crippen LogP contribution in [0.5, 0.6) is 0 Å². The van der Waals surface area contributed by atoms with Gasteiger partial charge in [-0.1, -0.05) is 13.8 Å². The predicted octanol–water partition coefficient (Wildman–Crippen LogP) is 1.42. The van der Waals surface area contributed by atoms with E-state index in [2.05, 4.69) is 19.9 Å². The molecule has 1 aliphatic heterocycles. The number of ether oxygens (including phenoxy) is 1. The van der Waals surface area contributed by atoms with E-state index in [-0.39, 0.29) is 5.91 Å². The Balaban J connectivity index is 2.72. The Hall–Kier alpha value is -1.08. The maximum absolute atomic E-state index is 12.2. The molecule has 0 bridgehead atoms. The lowest BCUT2D eigenvalue weighted by Crippen LogP contribution is -2.45. The molecule has 0 radical (unpaired) electrons. The summed E-state index contributed by atoms with van der Waals surface area (Å²) >= 11 is 0. The molecular formula is C12H20N2O2. The number of hydrogen-bond acceptors (Lipinski definition) is 3. The first-order valence-corrected chi connectivity index (χ1v) is 5.76. The smallest absolute Gasteiger partial charge is 0.242 e. The van der Waals surface area contributed by atoms with E-state index in [1.807, 2.05) is 0 Å². The van der Waals surface area contributed by atoms with Crippen molar-refractivity contribution in [3.05, 3.63) is 0 Å². The highest BCUT2D eigenvalue weighted by molar-refractivity contribution is 5.85. The maximum Gasteiger partial charge on any atom is 0.242 e. The lowest BCUT2D eigenvalue weighted by atomic mass is 9.80. The SMILES string of the molecule is CC(C)CN(C)C(=O)C1(C#N)CCOCC1. The van der Waals surface area contributed by atoms with Gasteiger partial charge in [0, 0.05) is 26.8 Å². The fraction of sp³-hybridized carbons (Fsp3) is 0.833. The molecule has 1 fully saturated rings. The van der Waals surface area contributed by atoms with Crippen LogP contribution in [0.15, 0.2) is 0 Å². The molecule has 0 saturated carbocycles. The minimum atomic E-state index is -0.845. The van der Waals surface area contributed by atoms with Crippen molar-refractivity contribution in [1.29, 1.82) is 5.26 Å². The van der Waals surface area contributed by atoms with E-state index < -0.39 is 5.41 Å². The third-order valence-electron chi connectivity index (χ3n) is 2.96. The third-order valence-corrected chi connectivity index (χ3v) is 2.96. The molecule has 1 amide bonds. The third kappa shape index (κ3) is 2.73. The molecule has 1 saturated heterocycles. The van der Waals surface area contributed by atoms with Gasteiger partial charge in [0.2, 0.25) is 5.91 Å². The Labute approximate surface area is 97.2 Å². The number of carbonyl (C=O) groups is 1. The summed E-state index contributed by atoms with van der Waals surface area (Å²) < 4.78 is 5.22. The van der Waals surface area contributed by atoms with E-state index in [9.17, 15) is 10.1 Å². The second-order valence-corrected chi connectivity index (χ2v) is 4.89. The highest BCUT2D eigenvalue weighted by Crippen LogP contribution is 2.31. The normalized spacial score (nSPS) is 19.2. The van der Waals surface area contributed by atoms with Gasteiger partial charge >= 0.3 is 0 Å². The highest BCUT2D eigenvalue weighted by Gasteiger charge is 2.42. The number of nitrogens with zero attached hydrogens (tertiary/aromatic N) is 2. The highest BCUT2D eigenvalue weighted by atomic mass is 16.5. The minimum absolute atomic E-state index is 0.0491. The second-order valence-electron chi connectivity index (χ2n) is 4.89. The number of amides is 1. The predicted molar refractivity (Wildman–Crippen MR) is 60.6 cm³/mol. The molecule has 1 aliphatic rings. The van der Waals surface area contributed by atoms with Gasteiger partial charge in [0.1, 0.15) is 5.41 Å². The first-order chi connectivity index (χ1) is 7.52. The van der Waals surface area contributed by atoms with Gasteiger partial charge in [-0.15, -0.1) is 0 Å². The van der Waals surface area contributed by atoms with Crippen LogP contribution in [0.25, 0.3) is 0 Å². The van der Waals surface area contributed by atoms with Crippen molar-refractivity contribution in [3.8, 4) is 6.07 Å². The van der Waals surface area contributed by atoms with Crippen molar-refractivity contribution in [2.24, 2.45) is 11.3 Å². The van der Waals surface area contributed by atoms with E-state index >= 15 is 0 Å². The quantitative estimate of drug-likeness (QED) is 0.728. The van der Waals surface area contributed by atoms with Gasteiger partial charge in [-0.3, -0.25) is 4.79 Å². The molecule has 0 aromatic carbocycles. The first-order valence-electron chi connectivity index (χ1n) is 5.76. The number of rotatable bonds is 3. The Morgan fingerprint density at radius 1 is 1.50 bits per heavy atom. The lowest BCUT2D eigenvalue weighted by molar-refractivity contribution is -0.142. The van der Waals surface area contributed by atoms with Crippen LogP contribution >= 0.6 is 0 Å². The van der Waals surface area contributed by atoms with Crippen molar-refractivity contribution < 1.29 is 9.53 Å². The fourth-order valence-corrected chi connectivity index (χ4v) is 2.09. The molecule has 0 N–H and O–H groups in total. The van der Waals surface area contributed by atoms with Crippen molar-refractivity contribution in [1.82, 2.24) is 4.90 Å². The molecule has 4 nitrogen and oxygen atoms in total. The van der Waals surface area contributed by atoms with Crippen LogP contribution in [0.3, 0.4) is 0 Å². The molecule has 0 atom stereocenters. The van der Waals surface area contributed by atoms with Crippen LogP contribution in [0.2, 0.25) is 0 Å². The summed E-state index contributed by atoms with van der Waals surface area (Å²) in [7, 11) is 1.77. The molecule has 1 rings (SSSR count). The average molecular weight is 224 g/mol. The van der Waals surface area contributed by atoms with Gasteiger partial charge in [0.25, 0.3) is 0 Å². The molecular weight excluding hydrogens is 204 g/mol. The van der Waals surface area contributed by atoms with E-state index in [0.717, 1.165) is 0 Å². The van der Waals surface area contributed by atoms with E-state index in [1.165, 1.54) is 0 Å². The monoisotopic (exact) mass is 224 g/mol. The second kappa shape index (κ2) is 5.31. The van der Waals surface area contributed by atoms with E-state index in [1.54, 1.807) is 11.9 Å². The average Bonchev–Trinajstić information content (AvgIpc) is 2.28. The van der Waals surface area contributed by atoms with E-state index in [0.29, 0.717) is 38.5 Å². The standard InChI is InChI=1S/C12H20N2O2/c1-10(2)8-14(3)11(15)12(9-13)4-6-16-7-5-12/h10H,4-8H2,1-3H3. The summed E-state index contributed by atoms with van der Waals surface area (Å²) in [5.74, 6) is 0.372. The molecule has 0 aliphatic carbocycles. The van der Waals surface area contributed by atoms with Gasteiger partial charge in [0.05, 0.1) is 6.07 Å². The summed E-state index contributed by atoms with van der Waals surface area (Å²) in [6.07, 6.45) is 1.04. The zero-order valence-corrected chi connectivity index (χ0v) is 10.3. The van der Waals surface area contributed by atoms with Gasteiger partial charge in [0.15, 0.2) is 0 Å². The number of carbonyl (C=O) groups excluding carboxylic acids is 1. The van der Waals surface area contributed by atoms with Crippen LogP contribution in [-0.4, -0.2) is 37.6 Å². The zero-order valence-electron chi connectivity index (χ0n) is 10.3. The van der Waals surface area contributed by atoms with Crippen LogP contribution in [-0.2, 0) is 9.53 Å². The van der Waals surface area contributed by atoms with Gasteiger partial charge in [-0.2, -0.15) is 5.26 Å². The lowest BCUT2D eigenvalue weighted by Gasteiger charge is -2.33. The Morgan fingerprint density at radius 3 is 2.50 bits per heavy atom. The van der Waals surface area contributed by atoms with Gasteiger partial charge in [-0.05, 0) is 18.8 Å². The zero-order chi connectivity index (χ0) is 12.2. The minimum Gasteiger partial charge on any atom is -0.381 e. The van der Waals surface area contributed by atoms with Crippen LogP contribution in [0.4, 0.5) is 0 Å². The van der Waals surface area contributed by atoms with Crippen molar-refractivity contribution in [3.63, 3.8) is 0 Å². The molecule has 0 spiro atoms. The Morgan fingerprint density at radius 2 is 2.06 bits per heavy atom. The van der Waals surface area contributed by atoms with Crippen molar-refractivity contribution >= 4 is 5.91 Å². The Bertz CT molecular complexity index is 288. The number of nitriles is 1.